The molecule has 0 saturated carbocycles. The number of nitrogens with zero attached hydrogens (tertiary/aromatic N) is 1. The first kappa shape index (κ1) is 8.57. The van der Waals surface area contributed by atoms with Crippen molar-refractivity contribution in [2.75, 3.05) is 0 Å². The van der Waals surface area contributed by atoms with Crippen LogP contribution in [0.25, 0.3) is 0 Å². The standard InChI is InChI=1S/C9H17NO/c1-5-6(2)8(4)10-9(11)7(5)3/h5-8H,1-4H3,(H,10,11). The fraction of sp³-hybridized carbons (Fsp3) is 0.889. The van der Waals surface area contributed by atoms with Crippen molar-refractivity contribution in [3.8, 4) is 0 Å². The van der Waals surface area contributed by atoms with Crippen molar-refractivity contribution in [3.63, 3.8) is 0 Å². The Morgan fingerprint density at radius 2 is 1.64 bits per heavy atom. The van der Waals surface area contributed by atoms with Gasteiger partial charge in [-0.3, -0.25) is 4.99 Å². The summed E-state index contributed by atoms with van der Waals surface area (Å²) in [5.74, 6) is 1.70. The van der Waals surface area contributed by atoms with Crippen LogP contribution in [0.4, 0.5) is 0 Å². The minimum Gasteiger partial charge on any atom is -0.496 e. The van der Waals surface area contributed by atoms with Gasteiger partial charge in [0.15, 0.2) is 5.90 Å². The lowest BCUT2D eigenvalue weighted by atomic mass is 9.79. The Morgan fingerprint density at radius 1 is 1.09 bits per heavy atom. The van der Waals surface area contributed by atoms with Crippen LogP contribution < -0.4 is 0 Å². The highest BCUT2D eigenvalue weighted by Crippen LogP contribution is 2.29. The maximum absolute atomic E-state index is 9.39. The molecule has 0 aromatic rings. The molecule has 64 valence electrons. The van der Waals surface area contributed by atoms with Crippen LogP contribution >= 0.6 is 0 Å². The first-order valence-electron chi connectivity index (χ1n) is 4.30. The molecule has 1 aliphatic heterocycles. The van der Waals surface area contributed by atoms with Gasteiger partial charge in [0.2, 0.25) is 0 Å². The van der Waals surface area contributed by atoms with Gasteiger partial charge in [0.25, 0.3) is 0 Å². The second kappa shape index (κ2) is 2.84. The van der Waals surface area contributed by atoms with Crippen LogP contribution in [-0.4, -0.2) is 17.0 Å². The molecule has 0 spiro atoms. The zero-order valence-electron chi connectivity index (χ0n) is 7.70. The fourth-order valence-electron chi connectivity index (χ4n) is 1.57. The molecule has 2 nitrogen and oxygen atoms in total. The van der Waals surface area contributed by atoms with Gasteiger partial charge in [-0.05, 0) is 18.8 Å². The van der Waals surface area contributed by atoms with Crippen molar-refractivity contribution in [1.29, 1.82) is 0 Å². The van der Waals surface area contributed by atoms with Crippen LogP contribution in [0, 0.1) is 17.8 Å². The van der Waals surface area contributed by atoms with E-state index in [0.717, 1.165) is 0 Å². The molecule has 1 rings (SSSR count). The molecule has 0 bridgehead atoms. The van der Waals surface area contributed by atoms with E-state index in [2.05, 4.69) is 25.8 Å². The molecule has 2 heteroatoms. The fourth-order valence-corrected chi connectivity index (χ4v) is 1.57. The molecule has 0 amide bonds. The molecule has 1 N–H and O–H groups in total. The van der Waals surface area contributed by atoms with Crippen LogP contribution in [0.1, 0.15) is 27.7 Å². The first-order valence-corrected chi connectivity index (χ1v) is 4.30. The van der Waals surface area contributed by atoms with Crippen LogP contribution in [-0.2, 0) is 0 Å². The average Bonchev–Trinajstić information content (AvgIpc) is 1.97. The minimum absolute atomic E-state index is 0.237. The van der Waals surface area contributed by atoms with E-state index in [1.165, 1.54) is 0 Å². The SMILES string of the molecule is CC1N=C(O)C(C)C(C)C1C. The Morgan fingerprint density at radius 3 is 2.18 bits per heavy atom. The number of aliphatic hydroxyl groups is 1. The second-order valence-corrected chi connectivity index (χ2v) is 3.73. The first-order chi connectivity index (χ1) is 5.04. The van der Waals surface area contributed by atoms with Gasteiger partial charge in [0.05, 0.1) is 6.04 Å². The van der Waals surface area contributed by atoms with Crippen molar-refractivity contribution in [2.24, 2.45) is 22.7 Å². The van der Waals surface area contributed by atoms with Crippen molar-refractivity contribution in [2.45, 2.75) is 33.7 Å². The third-order valence-electron chi connectivity index (χ3n) is 3.12. The number of rotatable bonds is 0. The van der Waals surface area contributed by atoms with Crippen molar-refractivity contribution < 1.29 is 5.11 Å². The number of aliphatic imine (C=N–C) groups is 1. The maximum Gasteiger partial charge on any atom is 0.184 e. The molecular weight excluding hydrogens is 138 g/mol. The Balaban J connectivity index is 2.83. The second-order valence-electron chi connectivity index (χ2n) is 3.73. The lowest BCUT2D eigenvalue weighted by molar-refractivity contribution is 0.248. The van der Waals surface area contributed by atoms with Gasteiger partial charge < -0.3 is 5.11 Å². The number of hydrogen-bond acceptors (Lipinski definition) is 1. The van der Waals surface area contributed by atoms with Gasteiger partial charge in [-0.15, -0.1) is 0 Å². The molecule has 0 aromatic heterocycles. The van der Waals surface area contributed by atoms with Crippen LogP contribution in [0.2, 0.25) is 0 Å². The van der Waals surface area contributed by atoms with Crippen molar-refractivity contribution >= 4 is 5.90 Å². The number of aliphatic hydroxyl groups excluding tert-OH is 1. The molecule has 4 atom stereocenters. The molecule has 0 saturated heterocycles. The summed E-state index contributed by atoms with van der Waals surface area (Å²) in [6.45, 7) is 8.47. The smallest absolute Gasteiger partial charge is 0.184 e. The normalized spacial score (nSPS) is 45.3. The largest absolute Gasteiger partial charge is 0.496 e. The summed E-state index contributed by atoms with van der Waals surface area (Å²) in [5.41, 5.74) is 0. The van der Waals surface area contributed by atoms with Gasteiger partial charge in [-0.2, -0.15) is 0 Å². The molecule has 11 heavy (non-hydrogen) atoms. The lowest BCUT2D eigenvalue weighted by Crippen LogP contribution is -2.35. The van der Waals surface area contributed by atoms with E-state index in [-0.39, 0.29) is 12.0 Å². The summed E-state index contributed by atoms with van der Waals surface area (Å²) in [7, 11) is 0. The predicted octanol–water partition coefficient (Wildman–Crippen LogP) is 2.25. The summed E-state index contributed by atoms with van der Waals surface area (Å²) < 4.78 is 0. The van der Waals surface area contributed by atoms with Crippen LogP contribution in [0.15, 0.2) is 4.99 Å². The van der Waals surface area contributed by atoms with Crippen LogP contribution in [0.5, 0.6) is 0 Å². The summed E-state index contributed by atoms with van der Waals surface area (Å²) in [6.07, 6.45) is 0. The van der Waals surface area contributed by atoms with E-state index < -0.39 is 0 Å². The maximum atomic E-state index is 9.39. The summed E-state index contributed by atoms with van der Waals surface area (Å²) >= 11 is 0. The molecule has 4 unspecified atom stereocenters. The predicted molar refractivity (Wildman–Crippen MR) is 47.0 cm³/mol. The van der Waals surface area contributed by atoms with E-state index in [0.29, 0.717) is 17.7 Å². The van der Waals surface area contributed by atoms with Gasteiger partial charge in [0.1, 0.15) is 0 Å². The zero-order chi connectivity index (χ0) is 8.59. The molecular formula is C9H17NO. The highest BCUT2D eigenvalue weighted by molar-refractivity contribution is 5.77. The average molecular weight is 155 g/mol. The topological polar surface area (TPSA) is 32.6 Å². The van der Waals surface area contributed by atoms with Crippen molar-refractivity contribution in [1.82, 2.24) is 0 Å². The third-order valence-corrected chi connectivity index (χ3v) is 3.12. The minimum atomic E-state index is 0.237. The Hall–Kier alpha value is -0.530. The van der Waals surface area contributed by atoms with Gasteiger partial charge >= 0.3 is 0 Å². The monoisotopic (exact) mass is 155 g/mol. The van der Waals surface area contributed by atoms with E-state index in [9.17, 15) is 5.11 Å². The van der Waals surface area contributed by atoms with E-state index in [4.69, 9.17) is 0 Å². The van der Waals surface area contributed by atoms with Gasteiger partial charge in [0, 0.05) is 5.92 Å². The number of hydrogen-bond donors (Lipinski definition) is 1. The summed E-state index contributed by atoms with van der Waals surface area (Å²) in [5, 5.41) is 9.39. The Bertz CT molecular complexity index is 176. The van der Waals surface area contributed by atoms with E-state index >= 15 is 0 Å². The summed E-state index contributed by atoms with van der Waals surface area (Å²) in [4.78, 5) is 4.17. The molecule has 0 radical (unpaired) electrons. The van der Waals surface area contributed by atoms with E-state index in [1.54, 1.807) is 0 Å². The third kappa shape index (κ3) is 1.39. The molecule has 1 aliphatic rings. The van der Waals surface area contributed by atoms with E-state index in [1.807, 2.05) is 6.92 Å². The Labute approximate surface area is 68.3 Å². The lowest BCUT2D eigenvalue weighted by Gasteiger charge is -2.32. The Kier molecular flexibility index (Phi) is 2.21. The van der Waals surface area contributed by atoms with Crippen LogP contribution in [0.3, 0.4) is 0 Å². The highest BCUT2D eigenvalue weighted by Gasteiger charge is 2.31. The quantitative estimate of drug-likeness (QED) is 0.571. The van der Waals surface area contributed by atoms with Gasteiger partial charge in [-0.25, -0.2) is 0 Å². The zero-order valence-corrected chi connectivity index (χ0v) is 7.70. The summed E-state index contributed by atoms with van der Waals surface area (Å²) in [6, 6.07) is 0.279. The molecule has 0 aromatic carbocycles. The molecule has 0 aliphatic carbocycles. The van der Waals surface area contributed by atoms with Crippen molar-refractivity contribution in [3.05, 3.63) is 0 Å². The highest BCUT2D eigenvalue weighted by atomic mass is 16.3. The molecule has 0 fully saturated rings. The molecule has 1 heterocycles. The van der Waals surface area contributed by atoms with Gasteiger partial charge in [-0.1, -0.05) is 20.8 Å².